The molecule has 1 nitrogen and oxygen atoms in total. The zero-order chi connectivity index (χ0) is 9.07. The SMILES string of the molecule is C=CCCCCC=CC=CC=O. The van der Waals surface area contributed by atoms with Gasteiger partial charge in [-0.05, 0) is 31.8 Å². The van der Waals surface area contributed by atoms with Crippen LogP contribution in [0.1, 0.15) is 25.7 Å². The zero-order valence-electron chi connectivity index (χ0n) is 7.41. The molecule has 0 amide bonds. The number of hydrogen-bond donors (Lipinski definition) is 0. The number of rotatable bonds is 7. The van der Waals surface area contributed by atoms with E-state index in [-0.39, 0.29) is 0 Å². The minimum Gasteiger partial charge on any atom is -0.299 e. The van der Waals surface area contributed by atoms with Crippen molar-refractivity contribution in [3.05, 3.63) is 37.0 Å². The maximum absolute atomic E-state index is 9.85. The van der Waals surface area contributed by atoms with E-state index in [1.165, 1.54) is 18.9 Å². The molecule has 0 saturated carbocycles. The largest absolute Gasteiger partial charge is 0.299 e. The second-order valence-corrected chi connectivity index (χ2v) is 2.52. The molecule has 0 radical (unpaired) electrons. The highest BCUT2D eigenvalue weighted by Crippen LogP contribution is 2.00. The summed E-state index contributed by atoms with van der Waals surface area (Å²) in [7, 11) is 0. The Kier molecular flexibility index (Phi) is 8.98. The smallest absolute Gasteiger partial charge is 0.142 e. The van der Waals surface area contributed by atoms with Crippen molar-refractivity contribution >= 4 is 6.29 Å². The first-order valence-corrected chi connectivity index (χ1v) is 4.29. The topological polar surface area (TPSA) is 17.1 Å². The van der Waals surface area contributed by atoms with Gasteiger partial charge in [0.25, 0.3) is 0 Å². The van der Waals surface area contributed by atoms with Crippen molar-refractivity contribution in [2.75, 3.05) is 0 Å². The molecule has 66 valence electrons. The fraction of sp³-hybridized carbons (Fsp3) is 0.364. The summed E-state index contributed by atoms with van der Waals surface area (Å²) in [4.78, 5) is 9.85. The summed E-state index contributed by atoms with van der Waals surface area (Å²) < 4.78 is 0. The zero-order valence-corrected chi connectivity index (χ0v) is 7.41. The van der Waals surface area contributed by atoms with Gasteiger partial charge in [0.1, 0.15) is 6.29 Å². The second kappa shape index (κ2) is 9.89. The summed E-state index contributed by atoms with van der Waals surface area (Å²) in [6.45, 7) is 3.65. The third kappa shape index (κ3) is 8.89. The summed E-state index contributed by atoms with van der Waals surface area (Å²) in [5.41, 5.74) is 0. The third-order valence-corrected chi connectivity index (χ3v) is 1.47. The third-order valence-electron chi connectivity index (χ3n) is 1.47. The molecule has 0 bridgehead atoms. The Morgan fingerprint density at radius 2 is 1.75 bits per heavy atom. The molecule has 0 spiro atoms. The Balaban J connectivity index is 3.18. The normalized spacial score (nSPS) is 11.0. The summed E-state index contributed by atoms with van der Waals surface area (Å²) in [6.07, 6.45) is 14.5. The van der Waals surface area contributed by atoms with E-state index < -0.39 is 0 Å². The second-order valence-electron chi connectivity index (χ2n) is 2.52. The van der Waals surface area contributed by atoms with Crippen LogP contribution in [0, 0.1) is 0 Å². The van der Waals surface area contributed by atoms with Gasteiger partial charge in [-0.3, -0.25) is 4.79 Å². The summed E-state index contributed by atoms with van der Waals surface area (Å²) in [5.74, 6) is 0. The summed E-state index contributed by atoms with van der Waals surface area (Å²) in [5, 5.41) is 0. The summed E-state index contributed by atoms with van der Waals surface area (Å²) in [6, 6.07) is 0. The van der Waals surface area contributed by atoms with Gasteiger partial charge in [-0.1, -0.05) is 24.3 Å². The van der Waals surface area contributed by atoms with Gasteiger partial charge in [0.15, 0.2) is 0 Å². The van der Waals surface area contributed by atoms with Gasteiger partial charge in [-0.25, -0.2) is 0 Å². The molecule has 0 atom stereocenters. The molecule has 1 heteroatoms. The van der Waals surface area contributed by atoms with Gasteiger partial charge < -0.3 is 0 Å². The minimum atomic E-state index is 0.780. The van der Waals surface area contributed by atoms with Crippen molar-refractivity contribution in [3.63, 3.8) is 0 Å². The lowest BCUT2D eigenvalue weighted by atomic mass is 10.2. The molecule has 0 saturated heterocycles. The Hall–Kier alpha value is -1.11. The molecular formula is C11H16O. The van der Waals surface area contributed by atoms with Crippen LogP contribution in [0.5, 0.6) is 0 Å². The first-order chi connectivity index (χ1) is 5.91. The minimum absolute atomic E-state index is 0.780. The maximum Gasteiger partial charge on any atom is 0.142 e. The van der Waals surface area contributed by atoms with Crippen LogP contribution >= 0.6 is 0 Å². The Labute approximate surface area is 74.5 Å². The van der Waals surface area contributed by atoms with Gasteiger partial charge in [0.05, 0.1) is 0 Å². The molecule has 0 aromatic heterocycles. The quantitative estimate of drug-likeness (QED) is 0.186. The number of carbonyl (C=O) groups is 1. The highest BCUT2D eigenvalue weighted by molar-refractivity contribution is 5.65. The van der Waals surface area contributed by atoms with Crippen LogP contribution in [-0.2, 0) is 4.79 Å². The summed E-state index contributed by atoms with van der Waals surface area (Å²) >= 11 is 0. The molecule has 0 aliphatic carbocycles. The van der Waals surface area contributed by atoms with Crippen LogP contribution in [0.2, 0.25) is 0 Å². The van der Waals surface area contributed by atoms with E-state index in [0.29, 0.717) is 0 Å². The molecule has 12 heavy (non-hydrogen) atoms. The van der Waals surface area contributed by atoms with Crippen molar-refractivity contribution in [1.82, 2.24) is 0 Å². The lowest BCUT2D eigenvalue weighted by Gasteiger charge is -1.90. The average molecular weight is 164 g/mol. The molecule has 0 aliphatic heterocycles. The van der Waals surface area contributed by atoms with Crippen LogP contribution in [-0.4, -0.2) is 6.29 Å². The highest BCUT2D eigenvalue weighted by Gasteiger charge is 1.80. The van der Waals surface area contributed by atoms with Crippen LogP contribution in [0.15, 0.2) is 37.0 Å². The highest BCUT2D eigenvalue weighted by atomic mass is 16.1. The lowest BCUT2D eigenvalue weighted by molar-refractivity contribution is -0.104. The van der Waals surface area contributed by atoms with Crippen LogP contribution in [0.25, 0.3) is 0 Å². The van der Waals surface area contributed by atoms with Crippen LogP contribution in [0.4, 0.5) is 0 Å². The standard InChI is InChI=1S/C11H16O/c1-2-3-4-5-6-7-8-9-10-11-12/h2,7-11H,1,3-6H2. The number of aldehydes is 1. The van der Waals surface area contributed by atoms with E-state index in [1.807, 2.05) is 12.2 Å². The van der Waals surface area contributed by atoms with Gasteiger partial charge >= 0.3 is 0 Å². The van der Waals surface area contributed by atoms with Crippen molar-refractivity contribution in [2.24, 2.45) is 0 Å². The molecule has 0 unspecified atom stereocenters. The fourth-order valence-electron chi connectivity index (χ4n) is 0.835. The van der Waals surface area contributed by atoms with Crippen molar-refractivity contribution < 1.29 is 4.79 Å². The Bertz CT molecular complexity index is 166. The molecule has 0 aromatic carbocycles. The van der Waals surface area contributed by atoms with E-state index in [0.717, 1.165) is 19.1 Å². The lowest BCUT2D eigenvalue weighted by Crippen LogP contribution is -1.70. The Morgan fingerprint density at radius 1 is 1.00 bits per heavy atom. The maximum atomic E-state index is 9.85. The van der Waals surface area contributed by atoms with Crippen molar-refractivity contribution in [2.45, 2.75) is 25.7 Å². The predicted molar refractivity (Wildman–Crippen MR) is 53.0 cm³/mol. The average Bonchev–Trinajstić information content (AvgIpc) is 2.10. The fourth-order valence-corrected chi connectivity index (χ4v) is 0.835. The van der Waals surface area contributed by atoms with Crippen LogP contribution in [0.3, 0.4) is 0 Å². The predicted octanol–water partition coefficient (Wildman–Crippen LogP) is 3.04. The van der Waals surface area contributed by atoms with Gasteiger partial charge in [0.2, 0.25) is 0 Å². The van der Waals surface area contributed by atoms with E-state index in [9.17, 15) is 4.79 Å². The first-order valence-electron chi connectivity index (χ1n) is 4.29. The van der Waals surface area contributed by atoms with Crippen molar-refractivity contribution in [3.8, 4) is 0 Å². The van der Waals surface area contributed by atoms with E-state index in [2.05, 4.69) is 12.7 Å². The molecule has 0 N–H and O–H groups in total. The number of hydrogen-bond acceptors (Lipinski definition) is 1. The molecule has 0 heterocycles. The van der Waals surface area contributed by atoms with Gasteiger partial charge in [-0.15, -0.1) is 6.58 Å². The Morgan fingerprint density at radius 3 is 2.42 bits per heavy atom. The monoisotopic (exact) mass is 164 g/mol. The van der Waals surface area contributed by atoms with E-state index >= 15 is 0 Å². The van der Waals surface area contributed by atoms with Crippen molar-refractivity contribution in [1.29, 1.82) is 0 Å². The van der Waals surface area contributed by atoms with Gasteiger partial charge in [0, 0.05) is 0 Å². The van der Waals surface area contributed by atoms with Gasteiger partial charge in [-0.2, -0.15) is 0 Å². The molecule has 0 fully saturated rings. The number of carbonyl (C=O) groups excluding carboxylic acids is 1. The molecule has 0 aromatic rings. The molecule has 0 rings (SSSR count). The number of allylic oxidation sites excluding steroid dienone is 5. The van der Waals surface area contributed by atoms with Crippen LogP contribution < -0.4 is 0 Å². The van der Waals surface area contributed by atoms with E-state index in [4.69, 9.17) is 0 Å². The molecular weight excluding hydrogens is 148 g/mol. The number of unbranched alkanes of at least 4 members (excludes halogenated alkanes) is 3. The first kappa shape index (κ1) is 10.9. The molecule has 0 aliphatic rings. The van der Waals surface area contributed by atoms with E-state index in [1.54, 1.807) is 6.08 Å².